The van der Waals surface area contributed by atoms with Gasteiger partial charge in [-0.3, -0.25) is 14.9 Å². The molecule has 0 spiro atoms. The largest absolute Gasteiger partial charge is 0.474 e. The van der Waals surface area contributed by atoms with Crippen molar-refractivity contribution in [3.05, 3.63) is 48.2 Å². The molecule has 6 heteroatoms. The molecule has 0 amide bonds. The van der Waals surface area contributed by atoms with Crippen LogP contribution < -0.4 is 4.74 Å². The summed E-state index contributed by atoms with van der Waals surface area (Å²) < 4.78 is 11.4. The summed E-state index contributed by atoms with van der Waals surface area (Å²) in [6, 6.07) is 6.40. The van der Waals surface area contributed by atoms with Gasteiger partial charge in [0.15, 0.2) is 0 Å². The van der Waals surface area contributed by atoms with Crippen LogP contribution in [0.15, 0.2) is 36.8 Å². The predicted molar refractivity (Wildman–Crippen MR) is 95.4 cm³/mol. The molecule has 2 aromatic rings. The van der Waals surface area contributed by atoms with E-state index in [2.05, 4.69) is 32.8 Å². The van der Waals surface area contributed by atoms with Crippen molar-refractivity contribution in [3.8, 4) is 5.88 Å². The van der Waals surface area contributed by atoms with Crippen LogP contribution in [0.2, 0.25) is 0 Å². The molecule has 134 valence electrons. The zero-order valence-electron chi connectivity index (χ0n) is 14.8. The van der Waals surface area contributed by atoms with E-state index in [1.165, 1.54) is 0 Å². The second kappa shape index (κ2) is 9.44. The van der Waals surface area contributed by atoms with Crippen LogP contribution in [-0.4, -0.2) is 52.3 Å². The molecule has 0 fully saturated rings. The summed E-state index contributed by atoms with van der Waals surface area (Å²) in [6.07, 6.45) is 8.43. The van der Waals surface area contributed by atoms with Gasteiger partial charge in [0.25, 0.3) is 0 Å². The van der Waals surface area contributed by atoms with E-state index in [1.54, 1.807) is 6.20 Å². The second-order valence-electron chi connectivity index (χ2n) is 6.37. The first-order chi connectivity index (χ1) is 12.3. The Labute approximate surface area is 149 Å². The molecule has 0 saturated carbocycles. The Morgan fingerprint density at radius 1 is 1.20 bits per heavy atom. The van der Waals surface area contributed by atoms with E-state index in [0.29, 0.717) is 31.7 Å². The van der Waals surface area contributed by atoms with E-state index in [0.717, 1.165) is 43.7 Å². The van der Waals surface area contributed by atoms with Crippen molar-refractivity contribution in [3.63, 3.8) is 0 Å². The van der Waals surface area contributed by atoms with Gasteiger partial charge in [0.2, 0.25) is 5.88 Å². The Hall–Kier alpha value is -2.05. The number of hydrogen-bond acceptors (Lipinski definition) is 6. The fraction of sp³-hybridized carbons (Fsp3) is 0.526. The predicted octanol–water partition coefficient (Wildman–Crippen LogP) is 2.49. The van der Waals surface area contributed by atoms with E-state index in [9.17, 15) is 0 Å². The minimum atomic E-state index is 0.336. The lowest BCUT2D eigenvalue weighted by Crippen LogP contribution is -2.37. The molecule has 0 aliphatic carbocycles. The maximum Gasteiger partial charge on any atom is 0.232 e. The smallest absolute Gasteiger partial charge is 0.232 e. The van der Waals surface area contributed by atoms with Gasteiger partial charge in [-0.25, -0.2) is 4.98 Å². The molecule has 0 unspecified atom stereocenters. The topological polar surface area (TPSA) is 60.4 Å². The summed E-state index contributed by atoms with van der Waals surface area (Å²) in [7, 11) is 0. The van der Waals surface area contributed by atoms with Gasteiger partial charge < -0.3 is 9.47 Å². The van der Waals surface area contributed by atoms with E-state index in [4.69, 9.17) is 9.47 Å². The van der Waals surface area contributed by atoms with Gasteiger partial charge in [-0.15, -0.1) is 0 Å². The number of rotatable bonds is 2. The third-order valence-electron chi connectivity index (χ3n) is 4.34. The zero-order chi connectivity index (χ0) is 17.3. The number of ether oxygens (including phenoxy) is 2. The van der Waals surface area contributed by atoms with Crippen LogP contribution in [0, 0.1) is 0 Å². The lowest BCUT2D eigenvalue weighted by atomic mass is 10.1. The molecule has 1 aliphatic heterocycles. The first-order valence-corrected chi connectivity index (χ1v) is 8.96. The Morgan fingerprint density at radius 3 is 3.04 bits per heavy atom. The van der Waals surface area contributed by atoms with Crippen molar-refractivity contribution in [2.45, 2.75) is 38.8 Å². The van der Waals surface area contributed by atoms with Crippen molar-refractivity contribution in [2.24, 2.45) is 0 Å². The molecule has 3 rings (SSSR count). The van der Waals surface area contributed by atoms with Gasteiger partial charge in [-0.1, -0.05) is 6.07 Å². The highest BCUT2D eigenvalue weighted by Gasteiger charge is 2.15. The normalized spacial score (nSPS) is 20.4. The standard InChI is InChI=1S/C19H26N4O2/c1-16-15-24-10-11-25-19-13-20-12-17(22-19)6-3-5-9-23(16)14-18-7-2-4-8-21-18/h2,4,7-8,12-13,16H,3,5-6,9-11,14-15H2,1H3/t16-/m0/s1. The monoisotopic (exact) mass is 342 g/mol. The maximum absolute atomic E-state index is 5.80. The van der Waals surface area contributed by atoms with Crippen LogP contribution in [0.5, 0.6) is 5.88 Å². The quantitative estimate of drug-likeness (QED) is 0.836. The Kier molecular flexibility index (Phi) is 6.71. The molecule has 0 N–H and O–H groups in total. The fourth-order valence-corrected chi connectivity index (χ4v) is 2.92. The van der Waals surface area contributed by atoms with Crippen molar-refractivity contribution in [1.82, 2.24) is 19.9 Å². The van der Waals surface area contributed by atoms with Gasteiger partial charge in [-0.2, -0.15) is 0 Å². The third kappa shape index (κ3) is 5.76. The summed E-state index contributed by atoms with van der Waals surface area (Å²) in [6.45, 7) is 5.80. The highest BCUT2D eigenvalue weighted by Crippen LogP contribution is 2.12. The number of fused-ring (bicyclic) bond motifs is 2. The highest BCUT2D eigenvalue weighted by molar-refractivity contribution is 5.08. The summed E-state index contributed by atoms with van der Waals surface area (Å²) in [5, 5.41) is 0. The molecule has 1 aliphatic rings. The number of nitrogens with zero attached hydrogens (tertiary/aromatic N) is 4. The minimum Gasteiger partial charge on any atom is -0.474 e. The van der Waals surface area contributed by atoms with Gasteiger partial charge in [0, 0.05) is 25.0 Å². The maximum atomic E-state index is 5.80. The van der Waals surface area contributed by atoms with Crippen LogP contribution >= 0.6 is 0 Å². The van der Waals surface area contributed by atoms with Crippen molar-refractivity contribution in [2.75, 3.05) is 26.4 Å². The fourth-order valence-electron chi connectivity index (χ4n) is 2.92. The highest BCUT2D eigenvalue weighted by atomic mass is 16.5. The Bertz CT molecular complexity index is 638. The van der Waals surface area contributed by atoms with Crippen molar-refractivity contribution in [1.29, 1.82) is 0 Å². The van der Waals surface area contributed by atoms with E-state index in [-0.39, 0.29) is 0 Å². The summed E-state index contributed by atoms with van der Waals surface area (Å²) in [4.78, 5) is 15.6. The summed E-state index contributed by atoms with van der Waals surface area (Å²) >= 11 is 0. The zero-order valence-corrected chi connectivity index (χ0v) is 14.8. The summed E-state index contributed by atoms with van der Waals surface area (Å²) in [5.41, 5.74) is 2.08. The molecule has 3 heterocycles. The van der Waals surface area contributed by atoms with Gasteiger partial charge in [-0.05, 0) is 44.9 Å². The second-order valence-corrected chi connectivity index (χ2v) is 6.37. The van der Waals surface area contributed by atoms with Crippen LogP contribution in [0.4, 0.5) is 0 Å². The van der Waals surface area contributed by atoms with Crippen LogP contribution in [0.3, 0.4) is 0 Å². The number of aryl methyl sites for hydroxylation is 1. The lowest BCUT2D eigenvalue weighted by molar-refractivity contribution is 0.0451. The third-order valence-corrected chi connectivity index (χ3v) is 4.34. The molecule has 0 radical (unpaired) electrons. The SMILES string of the molecule is C[C@H]1COCCOc2cncc(n2)CCCCN1Cc1ccccn1. The van der Waals surface area contributed by atoms with E-state index < -0.39 is 0 Å². The molecule has 0 aromatic carbocycles. The number of aromatic nitrogens is 3. The molecular formula is C19H26N4O2. The number of hydrogen-bond donors (Lipinski definition) is 0. The van der Waals surface area contributed by atoms with Gasteiger partial charge in [0.1, 0.15) is 6.61 Å². The molecule has 0 saturated heterocycles. The van der Waals surface area contributed by atoms with Crippen LogP contribution in [-0.2, 0) is 17.7 Å². The van der Waals surface area contributed by atoms with Crippen molar-refractivity contribution < 1.29 is 9.47 Å². The van der Waals surface area contributed by atoms with Crippen molar-refractivity contribution >= 4 is 0 Å². The molecule has 6 nitrogen and oxygen atoms in total. The van der Waals surface area contributed by atoms with E-state index >= 15 is 0 Å². The first kappa shape index (κ1) is 17.8. The Morgan fingerprint density at radius 2 is 2.16 bits per heavy atom. The van der Waals surface area contributed by atoms with E-state index in [1.807, 2.05) is 24.5 Å². The molecule has 2 bridgehead atoms. The average molecular weight is 342 g/mol. The molecule has 25 heavy (non-hydrogen) atoms. The molecular weight excluding hydrogens is 316 g/mol. The first-order valence-electron chi connectivity index (χ1n) is 8.96. The lowest BCUT2D eigenvalue weighted by Gasteiger charge is -2.29. The van der Waals surface area contributed by atoms with Crippen LogP contribution in [0.1, 0.15) is 31.2 Å². The Balaban J connectivity index is 1.63. The summed E-state index contributed by atoms with van der Waals surface area (Å²) in [5.74, 6) is 0.586. The van der Waals surface area contributed by atoms with Gasteiger partial charge in [0.05, 0.1) is 30.8 Å². The molecule has 2 aromatic heterocycles. The molecule has 1 atom stereocenters. The minimum absolute atomic E-state index is 0.336. The van der Waals surface area contributed by atoms with Crippen LogP contribution in [0.25, 0.3) is 0 Å². The number of pyridine rings is 1. The average Bonchev–Trinajstić information content (AvgIpc) is 2.64. The van der Waals surface area contributed by atoms with Gasteiger partial charge >= 0.3 is 0 Å².